The zero-order valence-corrected chi connectivity index (χ0v) is 24.6. The van der Waals surface area contributed by atoms with Gasteiger partial charge in [-0.3, -0.25) is 14.2 Å². The van der Waals surface area contributed by atoms with Crippen LogP contribution in [0, 0.1) is 6.92 Å². The summed E-state index contributed by atoms with van der Waals surface area (Å²) in [6, 6.07) is 23.1. The molecule has 3 aromatic carbocycles. The van der Waals surface area contributed by atoms with E-state index in [0.29, 0.717) is 46.8 Å². The molecule has 0 radical (unpaired) electrons. The number of amides is 2. The lowest BCUT2D eigenvalue weighted by molar-refractivity contribution is -0.130. The fraction of sp³-hybridized carbons (Fsp3) is 0.267. The lowest BCUT2D eigenvalue weighted by Crippen LogP contribution is -2.55. The van der Waals surface area contributed by atoms with E-state index in [2.05, 4.69) is 28.4 Å². The molecule has 1 aliphatic rings. The molecule has 0 N–H and O–H groups in total. The van der Waals surface area contributed by atoms with E-state index < -0.39 is 0 Å². The average Bonchev–Trinajstić information content (AvgIpc) is 3.35. The van der Waals surface area contributed by atoms with Crippen molar-refractivity contribution in [3.63, 3.8) is 0 Å². The number of piperazine rings is 1. The van der Waals surface area contributed by atoms with Crippen molar-refractivity contribution < 1.29 is 9.59 Å². The molecule has 1 unspecified atom stereocenters. The highest BCUT2D eigenvalue weighted by molar-refractivity contribution is 7.99. The van der Waals surface area contributed by atoms with E-state index in [-0.39, 0.29) is 23.6 Å². The molecule has 0 spiro atoms. The van der Waals surface area contributed by atoms with Crippen molar-refractivity contribution in [1.29, 1.82) is 0 Å². The van der Waals surface area contributed by atoms with Crippen LogP contribution in [0.3, 0.4) is 0 Å². The van der Waals surface area contributed by atoms with Crippen molar-refractivity contribution in [3.05, 3.63) is 105 Å². The van der Waals surface area contributed by atoms with Crippen molar-refractivity contribution in [2.75, 3.05) is 25.4 Å². The van der Waals surface area contributed by atoms with Crippen molar-refractivity contribution in [2.45, 2.75) is 31.5 Å². The SMILES string of the molecule is Cc1cccc(-n2c(Cc3ccccc3)nnc2SCC(=O)N2CCN(C(=O)c3ccc(Cl)c(Cl)c3)C(C)C2)c1. The van der Waals surface area contributed by atoms with Crippen molar-refractivity contribution in [2.24, 2.45) is 0 Å². The molecule has 1 aliphatic heterocycles. The Morgan fingerprint density at radius 1 is 0.950 bits per heavy atom. The Morgan fingerprint density at radius 2 is 1.75 bits per heavy atom. The third kappa shape index (κ3) is 6.35. The molecule has 206 valence electrons. The quantitative estimate of drug-likeness (QED) is 0.248. The lowest BCUT2D eigenvalue weighted by atomic mass is 10.1. The predicted octanol–water partition coefficient (Wildman–Crippen LogP) is 5.94. The van der Waals surface area contributed by atoms with Gasteiger partial charge in [0.25, 0.3) is 5.91 Å². The number of hydrogen-bond acceptors (Lipinski definition) is 5. The fourth-order valence-corrected chi connectivity index (χ4v) is 5.98. The molecule has 1 atom stereocenters. The van der Waals surface area contributed by atoms with Crippen LogP contribution in [0.15, 0.2) is 78.0 Å². The molecular formula is C30H29Cl2N5O2S. The molecule has 1 aromatic heterocycles. The molecule has 0 aliphatic carbocycles. The van der Waals surface area contributed by atoms with Gasteiger partial charge in [-0.15, -0.1) is 10.2 Å². The maximum Gasteiger partial charge on any atom is 0.254 e. The molecule has 5 rings (SSSR count). The second kappa shape index (κ2) is 12.5. The van der Waals surface area contributed by atoms with Crippen LogP contribution < -0.4 is 0 Å². The van der Waals surface area contributed by atoms with Crippen molar-refractivity contribution in [3.8, 4) is 5.69 Å². The van der Waals surface area contributed by atoms with Crippen LogP contribution in [0.1, 0.15) is 34.2 Å². The highest BCUT2D eigenvalue weighted by atomic mass is 35.5. The van der Waals surface area contributed by atoms with E-state index >= 15 is 0 Å². The summed E-state index contributed by atoms with van der Waals surface area (Å²) in [5.74, 6) is 0.921. The normalized spacial score (nSPS) is 15.3. The second-order valence-electron chi connectivity index (χ2n) is 9.84. The third-order valence-corrected chi connectivity index (χ3v) is 8.55. The number of hydrogen-bond donors (Lipinski definition) is 0. The van der Waals surface area contributed by atoms with Gasteiger partial charge in [0.15, 0.2) is 5.16 Å². The first kappa shape index (κ1) is 28.2. The highest BCUT2D eigenvalue weighted by Crippen LogP contribution is 2.26. The smallest absolute Gasteiger partial charge is 0.254 e. The van der Waals surface area contributed by atoms with Crippen LogP contribution in [0.2, 0.25) is 10.0 Å². The molecular weight excluding hydrogens is 565 g/mol. The van der Waals surface area contributed by atoms with Crippen LogP contribution in [0.5, 0.6) is 0 Å². The van der Waals surface area contributed by atoms with Gasteiger partial charge in [-0.1, -0.05) is 77.4 Å². The summed E-state index contributed by atoms with van der Waals surface area (Å²) in [6.45, 7) is 5.36. The Balaban J connectivity index is 1.26. The molecule has 10 heteroatoms. The Hall–Kier alpha value is -3.33. The van der Waals surface area contributed by atoms with Gasteiger partial charge in [0.2, 0.25) is 5.91 Å². The number of carbonyl (C=O) groups excluding carboxylic acids is 2. The van der Waals surface area contributed by atoms with Crippen LogP contribution in [-0.2, 0) is 11.2 Å². The van der Waals surface area contributed by atoms with Gasteiger partial charge >= 0.3 is 0 Å². The van der Waals surface area contributed by atoms with Crippen LogP contribution in [0.4, 0.5) is 0 Å². The van der Waals surface area contributed by atoms with Crippen LogP contribution >= 0.6 is 35.0 Å². The molecule has 0 saturated carbocycles. The molecule has 1 fully saturated rings. The summed E-state index contributed by atoms with van der Waals surface area (Å²) in [5.41, 5.74) is 3.72. The topological polar surface area (TPSA) is 71.3 Å². The minimum atomic E-state index is -0.141. The monoisotopic (exact) mass is 593 g/mol. The maximum absolute atomic E-state index is 13.3. The first-order valence-electron chi connectivity index (χ1n) is 13.0. The van der Waals surface area contributed by atoms with Crippen molar-refractivity contribution >= 4 is 46.8 Å². The molecule has 2 amide bonds. The summed E-state index contributed by atoms with van der Waals surface area (Å²) in [6.07, 6.45) is 0.628. The summed E-state index contributed by atoms with van der Waals surface area (Å²) in [4.78, 5) is 29.9. The van der Waals surface area contributed by atoms with Crippen LogP contribution in [-0.4, -0.2) is 67.8 Å². The van der Waals surface area contributed by atoms with Gasteiger partial charge in [-0.2, -0.15) is 0 Å². The maximum atomic E-state index is 13.3. The number of halogens is 2. The Labute approximate surface area is 248 Å². The Morgan fingerprint density at radius 3 is 2.48 bits per heavy atom. The van der Waals surface area contributed by atoms with Gasteiger partial charge in [0, 0.05) is 43.3 Å². The molecule has 1 saturated heterocycles. The molecule has 4 aromatic rings. The minimum Gasteiger partial charge on any atom is -0.338 e. The Kier molecular flexibility index (Phi) is 8.78. The minimum absolute atomic E-state index is 0.00175. The van der Waals surface area contributed by atoms with E-state index in [0.717, 1.165) is 22.6 Å². The number of thioether (sulfide) groups is 1. The first-order chi connectivity index (χ1) is 19.3. The van der Waals surface area contributed by atoms with Gasteiger partial charge in [0.05, 0.1) is 15.8 Å². The van der Waals surface area contributed by atoms with Gasteiger partial charge < -0.3 is 9.80 Å². The molecule has 0 bridgehead atoms. The average molecular weight is 595 g/mol. The zero-order valence-electron chi connectivity index (χ0n) is 22.3. The number of nitrogens with zero attached hydrogens (tertiary/aromatic N) is 5. The fourth-order valence-electron chi connectivity index (χ4n) is 4.81. The number of aromatic nitrogens is 3. The van der Waals surface area contributed by atoms with E-state index in [4.69, 9.17) is 23.2 Å². The van der Waals surface area contributed by atoms with E-state index in [1.54, 1.807) is 23.1 Å². The number of carbonyl (C=O) groups is 2. The zero-order chi connectivity index (χ0) is 28.2. The molecule has 40 heavy (non-hydrogen) atoms. The summed E-state index contributed by atoms with van der Waals surface area (Å²) in [7, 11) is 0. The number of rotatable bonds is 7. The van der Waals surface area contributed by atoms with E-state index in [1.807, 2.05) is 59.7 Å². The Bertz CT molecular complexity index is 1530. The van der Waals surface area contributed by atoms with E-state index in [9.17, 15) is 9.59 Å². The van der Waals surface area contributed by atoms with Crippen molar-refractivity contribution in [1.82, 2.24) is 24.6 Å². The molecule has 7 nitrogen and oxygen atoms in total. The lowest BCUT2D eigenvalue weighted by Gasteiger charge is -2.40. The van der Waals surface area contributed by atoms with Gasteiger partial charge in [-0.25, -0.2) is 0 Å². The summed E-state index contributed by atoms with van der Waals surface area (Å²) >= 11 is 13.5. The summed E-state index contributed by atoms with van der Waals surface area (Å²) in [5, 5.41) is 10.4. The third-order valence-electron chi connectivity index (χ3n) is 6.90. The highest BCUT2D eigenvalue weighted by Gasteiger charge is 2.31. The number of aryl methyl sites for hydroxylation is 1. The van der Waals surface area contributed by atoms with E-state index in [1.165, 1.54) is 11.8 Å². The number of benzene rings is 3. The second-order valence-corrected chi connectivity index (χ2v) is 11.6. The van der Waals surface area contributed by atoms with Crippen LogP contribution in [0.25, 0.3) is 5.69 Å². The largest absolute Gasteiger partial charge is 0.338 e. The standard InChI is InChI=1S/C30H29Cl2N5O2S/c1-20-7-6-10-24(15-20)37-27(16-22-8-4-3-5-9-22)33-34-30(37)40-19-28(38)35-13-14-36(21(2)18-35)29(39)23-11-12-25(31)26(32)17-23/h3-12,15,17,21H,13-14,16,18-19H2,1-2H3. The first-order valence-corrected chi connectivity index (χ1v) is 14.8. The van der Waals surface area contributed by atoms with Gasteiger partial charge in [0.1, 0.15) is 5.82 Å². The molecule has 2 heterocycles. The van der Waals surface area contributed by atoms with Gasteiger partial charge in [-0.05, 0) is 55.3 Å². The summed E-state index contributed by atoms with van der Waals surface area (Å²) < 4.78 is 2.04. The predicted molar refractivity (Wildman–Crippen MR) is 160 cm³/mol.